The standard InChI is InChI=1S/C10H11NO2/c12-6-5-11-9-4-2-1-3-8(9)7-10(11)13/h1-4,6,10,13H,5,7H2. The van der Waals surface area contributed by atoms with Gasteiger partial charge < -0.3 is 14.8 Å². The Hall–Kier alpha value is -1.35. The number of aldehydes is 1. The molecule has 1 unspecified atom stereocenters. The van der Waals surface area contributed by atoms with E-state index in [4.69, 9.17) is 0 Å². The quantitative estimate of drug-likeness (QED) is 0.671. The van der Waals surface area contributed by atoms with E-state index >= 15 is 0 Å². The number of para-hydroxylation sites is 1. The molecule has 13 heavy (non-hydrogen) atoms. The van der Waals surface area contributed by atoms with Crippen LogP contribution >= 0.6 is 0 Å². The summed E-state index contributed by atoms with van der Waals surface area (Å²) in [4.78, 5) is 12.1. The fraction of sp³-hybridized carbons (Fsp3) is 0.300. The normalized spacial score (nSPS) is 20.1. The molecule has 1 aliphatic rings. The molecule has 0 spiro atoms. The minimum atomic E-state index is -0.539. The summed E-state index contributed by atoms with van der Waals surface area (Å²) in [6.07, 6.45) is 0.887. The summed E-state index contributed by atoms with van der Waals surface area (Å²) >= 11 is 0. The first-order valence-electron chi connectivity index (χ1n) is 4.29. The molecule has 1 aromatic rings. The molecular formula is C10H11NO2. The number of hydrogen-bond acceptors (Lipinski definition) is 3. The van der Waals surface area contributed by atoms with Gasteiger partial charge in [-0.1, -0.05) is 18.2 Å². The lowest BCUT2D eigenvalue weighted by Gasteiger charge is -2.20. The summed E-state index contributed by atoms with van der Waals surface area (Å²) < 4.78 is 0. The first kappa shape index (κ1) is 8.26. The van der Waals surface area contributed by atoms with Gasteiger partial charge in [0.1, 0.15) is 12.5 Å². The lowest BCUT2D eigenvalue weighted by Crippen LogP contribution is -2.32. The van der Waals surface area contributed by atoms with Gasteiger partial charge in [-0.05, 0) is 11.6 Å². The second-order valence-corrected chi connectivity index (χ2v) is 3.13. The molecule has 1 heterocycles. The summed E-state index contributed by atoms with van der Waals surface area (Å²) in [6, 6.07) is 7.75. The molecule has 0 amide bonds. The lowest BCUT2D eigenvalue weighted by atomic mass is 10.2. The molecule has 3 nitrogen and oxygen atoms in total. The van der Waals surface area contributed by atoms with Crippen LogP contribution in [-0.4, -0.2) is 24.2 Å². The van der Waals surface area contributed by atoms with Crippen molar-refractivity contribution in [2.75, 3.05) is 11.4 Å². The second kappa shape index (κ2) is 3.18. The van der Waals surface area contributed by atoms with Crippen LogP contribution in [0.2, 0.25) is 0 Å². The average Bonchev–Trinajstić information content (AvgIpc) is 2.44. The fourth-order valence-electron chi connectivity index (χ4n) is 1.73. The van der Waals surface area contributed by atoms with Crippen LogP contribution in [-0.2, 0) is 11.2 Å². The number of rotatable bonds is 2. The number of nitrogens with zero attached hydrogens (tertiary/aromatic N) is 1. The van der Waals surface area contributed by atoms with E-state index in [-0.39, 0.29) is 6.54 Å². The van der Waals surface area contributed by atoms with Gasteiger partial charge in [-0.25, -0.2) is 0 Å². The third-order valence-corrected chi connectivity index (χ3v) is 2.33. The van der Waals surface area contributed by atoms with Gasteiger partial charge in [-0.3, -0.25) is 0 Å². The van der Waals surface area contributed by atoms with Gasteiger partial charge in [0.05, 0.1) is 6.54 Å². The Morgan fingerprint density at radius 3 is 3.08 bits per heavy atom. The topological polar surface area (TPSA) is 40.5 Å². The number of carbonyl (C=O) groups excluding carboxylic acids is 1. The Morgan fingerprint density at radius 1 is 1.54 bits per heavy atom. The number of anilines is 1. The predicted octanol–water partition coefficient (Wildman–Crippen LogP) is 0.566. The highest BCUT2D eigenvalue weighted by atomic mass is 16.3. The monoisotopic (exact) mass is 177 g/mol. The Kier molecular flexibility index (Phi) is 2.02. The van der Waals surface area contributed by atoms with E-state index < -0.39 is 6.23 Å². The van der Waals surface area contributed by atoms with E-state index in [2.05, 4.69) is 0 Å². The van der Waals surface area contributed by atoms with Gasteiger partial charge in [0, 0.05) is 12.1 Å². The molecule has 1 aliphatic heterocycles. The van der Waals surface area contributed by atoms with Crippen molar-refractivity contribution in [1.82, 2.24) is 0 Å². The zero-order chi connectivity index (χ0) is 9.26. The summed E-state index contributed by atoms with van der Waals surface area (Å²) in [6.45, 7) is 0.262. The Balaban J connectivity index is 2.34. The average molecular weight is 177 g/mol. The van der Waals surface area contributed by atoms with E-state index in [1.165, 1.54) is 0 Å². The number of fused-ring (bicyclic) bond motifs is 1. The summed E-state index contributed by atoms with van der Waals surface area (Å²) in [5.41, 5.74) is 2.08. The van der Waals surface area contributed by atoms with E-state index in [0.717, 1.165) is 17.5 Å². The summed E-state index contributed by atoms with van der Waals surface area (Å²) in [7, 11) is 0. The van der Waals surface area contributed by atoms with Gasteiger partial charge in [0.15, 0.2) is 0 Å². The highest BCUT2D eigenvalue weighted by Gasteiger charge is 2.26. The van der Waals surface area contributed by atoms with Crippen LogP contribution < -0.4 is 4.90 Å². The van der Waals surface area contributed by atoms with E-state index in [9.17, 15) is 9.90 Å². The van der Waals surface area contributed by atoms with Crippen LogP contribution in [0.3, 0.4) is 0 Å². The Labute approximate surface area is 76.6 Å². The number of aliphatic hydroxyl groups excluding tert-OH is 1. The smallest absolute Gasteiger partial charge is 0.139 e. The van der Waals surface area contributed by atoms with Gasteiger partial charge in [-0.15, -0.1) is 0 Å². The molecule has 0 aliphatic carbocycles. The van der Waals surface area contributed by atoms with Crippen LogP contribution in [0, 0.1) is 0 Å². The molecule has 0 radical (unpaired) electrons. The molecule has 0 aromatic heterocycles. The first-order chi connectivity index (χ1) is 6.33. The van der Waals surface area contributed by atoms with E-state index in [1.54, 1.807) is 4.90 Å². The highest BCUT2D eigenvalue weighted by molar-refractivity contribution is 5.66. The van der Waals surface area contributed by atoms with Crippen LogP contribution in [0.25, 0.3) is 0 Å². The molecule has 1 N–H and O–H groups in total. The van der Waals surface area contributed by atoms with Gasteiger partial charge >= 0.3 is 0 Å². The van der Waals surface area contributed by atoms with Crippen molar-refractivity contribution in [2.24, 2.45) is 0 Å². The van der Waals surface area contributed by atoms with Crippen molar-refractivity contribution >= 4 is 12.0 Å². The highest BCUT2D eigenvalue weighted by Crippen LogP contribution is 2.29. The molecular weight excluding hydrogens is 166 g/mol. The van der Waals surface area contributed by atoms with Crippen LogP contribution in [0.4, 0.5) is 5.69 Å². The molecule has 68 valence electrons. The third-order valence-electron chi connectivity index (χ3n) is 2.33. The fourth-order valence-corrected chi connectivity index (χ4v) is 1.73. The molecule has 0 bridgehead atoms. The summed E-state index contributed by atoms with van der Waals surface area (Å²) in [5.74, 6) is 0. The molecule has 1 atom stereocenters. The number of hydrogen-bond donors (Lipinski definition) is 1. The zero-order valence-electron chi connectivity index (χ0n) is 7.18. The maximum Gasteiger partial charge on any atom is 0.139 e. The molecule has 2 rings (SSSR count). The van der Waals surface area contributed by atoms with Gasteiger partial charge in [-0.2, -0.15) is 0 Å². The largest absolute Gasteiger partial charge is 0.373 e. The SMILES string of the molecule is O=CCN1c2ccccc2CC1O. The predicted molar refractivity (Wildman–Crippen MR) is 49.6 cm³/mol. The molecule has 0 fully saturated rings. The van der Waals surface area contributed by atoms with Crippen molar-refractivity contribution in [2.45, 2.75) is 12.6 Å². The van der Waals surface area contributed by atoms with Crippen molar-refractivity contribution < 1.29 is 9.90 Å². The lowest BCUT2D eigenvalue weighted by molar-refractivity contribution is -0.107. The second-order valence-electron chi connectivity index (χ2n) is 3.13. The maximum atomic E-state index is 10.4. The molecule has 1 aromatic carbocycles. The van der Waals surface area contributed by atoms with Crippen LogP contribution in [0.1, 0.15) is 5.56 Å². The van der Waals surface area contributed by atoms with Crippen molar-refractivity contribution in [3.05, 3.63) is 29.8 Å². The van der Waals surface area contributed by atoms with Crippen molar-refractivity contribution in [3.63, 3.8) is 0 Å². The third kappa shape index (κ3) is 1.31. The molecule has 3 heteroatoms. The van der Waals surface area contributed by atoms with Crippen molar-refractivity contribution in [1.29, 1.82) is 0 Å². The van der Waals surface area contributed by atoms with Crippen molar-refractivity contribution in [3.8, 4) is 0 Å². The molecule has 0 saturated carbocycles. The minimum absolute atomic E-state index is 0.262. The Bertz CT molecular complexity index is 324. The minimum Gasteiger partial charge on any atom is -0.373 e. The Morgan fingerprint density at radius 2 is 2.31 bits per heavy atom. The number of aliphatic hydroxyl groups is 1. The van der Waals surface area contributed by atoms with Crippen LogP contribution in [0.5, 0.6) is 0 Å². The van der Waals surface area contributed by atoms with Gasteiger partial charge in [0.25, 0.3) is 0 Å². The van der Waals surface area contributed by atoms with E-state index in [1.807, 2.05) is 24.3 Å². The number of carbonyl (C=O) groups is 1. The van der Waals surface area contributed by atoms with Gasteiger partial charge in [0.2, 0.25) is 0 Å². The van der Waals surface area contributed by atoms with Crippen LogP contribution in [0.15, 0.2) is 24.3 Å². The maximum absolute atomic E-state index is 10.4. The zero-order valence-corrected chi connectivity index (χ0v) is 7.18. The number of benzene rings is 1. The van der Waals surface area contributed by atoms with E-state index in [0.29, 0.717) is 6.42 Å². The molecule has 0 saturated heterocycles. The first-order valence-corrected chi connectivity index (χ1v) is 4.29. The summed E-state index contributed by atoms with van der Waals surface area (Å²) in [5, 5.41) is 9.61.